The number of rotatable bonds is 8. The highest BCUT2D eigenvalue weighted by Crippen LogP contribution is 2.29. The summed E-state index contributed by atoms with van der Waals surface area (Å²) in [6.07, 6.45) is 2.13. The molecule has 0 aromatic heterocycles. The van der Waals surface area contributed by atoms with Crippen LogP contribution in [0.2, 0.25) is 0 Å². The molecular formula is C19H24N2O5S2. The van der Waals surface area contributed by atoms with Crippen molar-refractivity contribution in [2.45, 2.75) is 25.7 Å². The highest BCUT2D eigenvalue weighted by atomic mass is 32.2. The zero-order valence-corrected chi connectivity index (χ0v) is 17.8. The summed E-state index contributed by atoms with van der Waals surface area (Å²) in [7, 11) is -6.82. The van der Waals surface area contributed by atoms with Crippen LogP contribution in [0.1, 0.15) is 36.8 Å². The highest BCUT2D eigenvalue weighted by Gasteiger charge is 2.23. The van der Waals surface area contributed by atoms with Gasteiger partial charge in [0, 0.05) is 23.2 Å². The number of Topliss-reactive ketones (excluding diaryl/α,β-unsaturated/α-hetero) is 1. The Bertz CT molecular complexity index is 994. The van der Waals surface area contributed by atoms with Crippen LogP contribution in [0.3, 0.4) is 0 Å². The highest BCUT2D eigenvalue weighted by molar-refractivity contribution is 7.92. The molecule has 2 N–H and O–H groups in total. The Morgan fingerprint density at radius 3 is 1.43 bits per heavy atom. The molecule has 2 aromatic rings. The van der Waals surface area contributed by atoms with E-state index in [1.54, 1.807) is 62.4 Å². The molecule has 7 nitrogen and oxygen atoms in total. The molecule has 2 atom stereocenters. The van der Waals surface area contributed by atoms with Crippen molar-refractivity contribution in [3.63, 3.8) is 0 Å². The van der Waals surface area contributed by atoms with Crippen LogP contribution in [0, 0.1) is 0 Å². The summed E-state index contributed by atoms with van der Waals surface area (Å²) in [6.45, 7) is 3.52. The third kappa shape index (κ3) is 6.35. The van der Waals surface area contributed by atoms with Crippen LogP contribution in [0.25, 0.3) is 0 Å². The minimum absolute atomic E-state index is 0.0620. The Hall–Kier alpha value is -2.39. The average molecular weight is 425 g/mol. The third-order valence-electron chi connectivity index (χ3n) is 4.23. The van der Waals surface area contributed by atoms with Crippen molar-refractivity contribution in [1.29, 1.82) is 0 Å². The van der Waals surface area contributed by atoms with Crippen LogP contribution in [-0.4, -0.2) is 35.1 Å². The van der Waals surface area contributed by atoms with Crippen LogP contribution in [0.4, 0.5) is 11.4 Å². The maximum atomic E-state index is 13.0. The maximum Gasteiger partial charge on any atom is 0.229 e. The topological polar surface area (TPSA) is 109 Å². The minimum Gasteiger partial charge on any atom is -0.298 e. The van der Waals surface area contributed by atoms with Crippen molar-refractivity contribution in [2.75, 3.05) is 22.0 Å². The van der Waals surface area contributed by atoms with Crippen molar-refractivity contribution >= 4 is 37.2 Å². The molecule has 0 amide bonds. The summed E-state index contributed by atoms with van der Waals surface area (Å²) in [5.41, 5.74) is 2.17. The van der Waals surface area contributed by atoms with Crippen LogP contribution >= 0.6 is 0 Å². The number of ketones is 1. The van der Waals surface area contributed by atoms with Crippen LogP contribution < -0.4 is 9.44 Å². The zero-order valence-electron chi connectivity index (χ0n) is 16.1. The molecule has 2 unspecified atom stereocenters. The molecule has 0 aliphatic carbocycles. The smallest absolute Gasteiger partial charge is 0.229 e. The quantitative estimate of drug-likeness (QED) is 0.677. The second-order valence-electron chi connectivity index (χ2n) is 6.85. The first-order chi connectivity index (χ1) is 12.9. The van der Waals surface area contributed by atoms with E-state index < -0.39 is 31.9 Å². The number of sulfonamides is 2. The van der Waals surface area contributed by atoms with Gasteiger partial charge in [-0.15, -0.1) is 0 Å². The van der Waals surface area contributed by atoms with E-state index in [1.165, 1.54) is 0 Å². The SMILES string of the molecule is CC(C(=O)C(C)c1cccc(NS(C)(=O)=O)c1)c1cccc(NS(C)(=O)=O)c1. The largest absolute Gasteiger partial charge is 0.298 e. The summed E-state index contributed by atoms with van der Waals surface area (Å²) < 4.78 is 50.5. The number of hydrogen-bond acceptors (Lipinski definition) is 5. The lowest BCUT2D eigenvalue weighted by atomic mass is 9.85. The molecule has 0 fully saturated rings. The molecule has 9 heteroatoms. The van der Waals surface area contributed by atoms with E-state index in [0.717, 1.165) is 12.5 Å². The fourth-order valence-electron chi connectivity index (χ4n) is 2.87. The molecule has 0 bridgehead atoms. The van der Waals surface area contributed by atoms with Gasteiger partial charge in [-0.1, -0.05) is 38.1 Å². The van der Waals surface area contributed by atoms with Crippen LogP contribution in [-0.2, 0) is 24.8 Å². The number of nitrogens with one attached hydrogen (secondary N) is 2. The Kier molecular flexibility index (Phi) is 6.51. The molecule has 2 aromatic carbocycles. The normalized spacial score (nSPS) is 14.1. The van der Waals surface area contributed by atoms with Crippen molar-refractivity contribution in [1.82, 2.24) is 0 Å². The molecule has 0 heterocycles. The second kappa shape index (κ2) is 8.32. The van der Waals surface area contributed by atoms with Gasteiger partial charge in [0.05, 0.1) is 12.5 Å². The molecule has 0 spiro atoms. The molecule has 0 aliphatic rings. The Balaban J connectivity index is 2.23. The van der Waals surface area contributed by atoms with Gasteiger partial charge in [0.25, 0.3) is 0 Å². The number of hydrogen-bond donors (Lipinski definition) is 2. The predicted molar refractivity (Wildman–Crippen MR) is 112 cm³/mol. The fraction of sp³-hybridized carbons (Fsp3) is 0.316. The van der Waals surface area contributed by atoms with Crippen molar-refractivity contribution in [3.8, 4) is 0 Å². The van der Waals surface area contributed by atoms with Crippen LogP contribution in [0.15, 0.2) is 48.5 Å². The van der Waals surface area contributed by atoms with Crippen LogP contribution in [0.5, 0.6) is 0 Å². The van der Waals surface area contributed by atoms with Gasteiger partial charge < -0.3 is 0 Å². The molecule has 2 rings (SSSR count). The van der Waals surface area contributed by atoms with Crippen molar-refractivity contribution in [3.05, 3.63) is 59.7 Å². The predicted octanol–water partition coefficient (Wildman–Crippen LogP) is 2.91. The van der Waals surface area contributed by atoms with E-state index in [4.69, 9.17) is 0 Å². The molecule has 0 radical (unpaired) electrons. The summed E-state index contributed by atoms with van der Waals surface area (Å²) in [5, 5.41) is 0. The number of benzene rings is 2. The van der Waals surface area contributed by atoms with E-state index in [9.17, 15) is 21.6 Å². The first-order valence-electron chi connectivity index (χ1n) is 8.55. The van der Waals surface area contributed by atoms with Crippen molar-refractivity contribution in [2.24, 2.45) is 0 Å². The maximum absolute atomic E-state index is 13.0. The summed E-state index contributed by atoms with van der Waals surface area (Å²) in [6, 6.07) is 13.4. The molecule has 0 aliphatic heterocycles. The fourth-order valence-corrected chi connectivity index (χ4v) is 3.98. The average Bonchev–Trinajstić information content (AvgIpc) is 2.57. The van der Waals surface area contributed by atoms with Gasteiger partial charge in [-0.3, -0.25) is 14.2 Å². The molecule has 28 heavy (non-hydrogen) atoms. The van der Waals surface area contributed by atoms with Gasteiger partial charge in [-0.2, -0.15) is 0 Å². The molecule has 0 saturated heterocycles. The van der Waals surface area contributed by atoms with Gasteiger partial charge in [0.1, 0.15) is 5.78 Å². The number of carbonyl (C=O) groups excluding carboxylic acids is 1. The van der Waals surface area contributed by atoms with Gasteiger partial charge in [0.15, 0.2) is 0 Å². The minimum atomic E-state index is -3.41. The first kappa shape index (κ1) is 21.9. The summed E-state index contributed by atoms with van der Waals surface area (Å²) in [4.78, 5) is 13.0. The van der Waals surface area contributed by atoms with Gasteiger partial charge in [-0.25, -0.2) is 16.8 Å². The van der Waals surface area contributed by atoms with E-state index in [0.29, 0.717) is 22.5 Å². The Morgan fingerprint density at radius 1 is 0.750 bits per heavy atom. The lowest BCUT2D eigenvalue weighted by Gasteiger charge is -2.18. The monoisotopic (exact) mass is 424 g/mol. The number of anilines is 2. The molecular weight excluding hydrogens is 400 g/mol. The summed E-state index contributed by atoms with van der Waals surface area (Å²) >= 11 is 0. The number of carbonyl (C=O) groups is 1. The zero-order chi connectivity index (χ0) is 21.1. The molecule has 0 saturated carbocycles. The van der Waals surface area contributed by atoms with E-state index in [1.807, 2.05) is 0 Å². The second-order valence-corrected chi connectivity index (χ2v) is 10.3. The van der Waals surface area contributed by atoms with Gasteiger partial charge in [-0.05, 0) is 35.4 Å². The lowest BCUT2D eigenvalue weighted by molar-refractivity contribution is -0.121. The Morgan fingerprint density at radius 2 is 1.11 bits per heavy atom. The lowest BCUT2D eigenvalue weighted by Crippen LogP contribution is -2.17. The standard InChI is InChI=1S/C19H24N2O5S2/c1-13(15-7-5-9-17(11-15)20-27(3,23)24)19(22)14(2)16-8-6-10-18(12-16)21-28(4,25)26/h5-14,20-21H,1-4H3. The first-order valence-corrected chi connectivity index (χ1v) is 12.3. The van der Waals surface area contributed by atoms with Gasteiger partial charge >= 0.3 is 0 Å². The third-order valence-corrected chi connectivity index (χ3v) is 5.45. The van der Waals surface area contributed by atoms with Crippen molar-refractivity contribution < 1.29 is 21.6 Å². The van der Waals surface area contributed by atoms with Gasteiger partial charge in [0.2, 0.25) is 20.0 Å². The summed E-state index contributed by atoms with van der Waals surface area (Å²) in [5.74, 6) is -1.00. The van der Waals surface area contributed by atoms with E-state index >= 15 is 0 Å². The Labute approximate surface area is 166 Å². The van der Waals surface area contributed by atoms with E-state index in [2.05, 4.69) is 9.44 Å². The molecule has 152 valence electrons. The van der Waals surface area contributed by atoms with E-state index in [-0.39, 0.29) is 5.78 Å².